The van der Waals surface area contributed by atoms with E-state index in [1.54, 1.807) is 13.8 Å². The molecule has 0 aromatic heterocycles. The van der Waals surface area contributed by atoms with Crippen LogP contribution in [-0.2, 0) is 24.5 Å². The number of hydrogen-bond acceptors (Lipinski definition) is 5. The minimum atomic E-state index is -3.66. The zero-order chi connectivity index (χ0) is 13.3. The maximum Gasteiger partial charge on any atom is 0.321 e. The molecule has 0 saturated heterocycles. The first-order valence-corrected chi connectivity index (χ1v) is 6.81. The molecule has 0 amide bonds. The molecular weight excluding hydrogens is 248 g/mol. The summed E-state index contributed by atoms with van der Waals surface area (Å²) in [5.74, 6) is -0.563. The maximum atomic E-state index is 11.7. The smallest absolute Gasteiger partial charge is 0.321 e. The van der Waals surface area contributed by atoms with Crippen LogP contribution in [0.4, 0.5) is 0 Å². The van der Waals surface area contributed by atoms with Gasteiger partial charge in [-0.25, -0.2) is 0 Å². The van der Waals surface area contributed by atoms with Gasteiger partial charge in [0, 0.05) is 20.2 Å². The van der Waals surface area contributed by atoms with Crippen molar-refractivity contribution in [3.8, 4) is 0 Å². The van der Waals surface area contributed by atoms with E-state index in [0.717, 1.165) is 4.31 Å². The Bertz CT molecular complexity index is 317. The van der Waals surface area contributed by atoms with Crippen molar-refractivity contribution >= 4 is 16.2 Å². The Labute approximate surface area is 102 Å². The Balaban J connectivity index is 4.36. The SMILES string of the molecule is CCOC(=O)CN(CC)S(=O)(=O)NCCOC. The molecule has 0 aliphatic rings. The van der Waals surface area contributed by atoms with Crippen molar-refractivity contribution in [3.05, 3.63) is 0 Å². The van der Waals surface area contributed by atoms with Crippen LogP contribution in [0.1, 0.15) is 13.8 Å². The van der Waals surface area contributed by atoms with E-state index in [1.807, 2.05) is 0 Å². The van der Waals surface area contributed by atoms with E-state index in [-0.39, 0.29) is 32.8 Å². The lowest BCUT2D eigenvalue weighted by atomic mass is 10.6. The number of nitrogens with zero attached hydrogens (tertiary/aromatic N) is 1. The third-order valence-corrected chi connectivity index (χ3v) is 3.53. The molecule has 0 saturated carbocycles. The molecule has 1 N–H and O–H groups in total. The number of hydrogen-bond donors (Lipinski definition) is 1. The van der Waals surface area contributed by atoms with Crippen LogP contribution in [0.5, 0.6) is 0 Å². The number of ether oxygens (including phenoxy) is 2. The minimum absolute atomic E-state index is 0.165. The first kappa shape index (κ1) is 16.3. The summed E-state index contributed by atoms with van der Waals surface area (Å²) >= 11 is 0. The van der Waals surface area contributed by atoms with E-state index in [4.69, 9.17) is 9.47 Å². The molecule has 0 spiro atoms. The normalized spacial score (nSPS) is 11.8. The molecule has 8 heteroatoms. The first-order chi connectivity index (χ1) is 7.97. The maximum absolute atomic E-state index is 11.7. The second kappa shape index (κ2) is 8.40. The molecule has 0 bridgehead atoms. The van der Waals surface area contributed by atoms with Gasteiger partial charge in [-0.15, -0.1) is 0 Å². The standard InChI is InChI=1S/C9H20N2O5S/c1-4-11(8-9(12)16-5-2)17(13,14)10-6-7-15-3/h10H,4-8H2,1-3H3. The van der Waals surface area contributed by atoms with E-state index in [0.29, 0.717) is 0 Å². The van der Waals surface area contributed by atoms with Crippen molar-refractivity contribution in [3.63, 3.8) is 0 Å². The van der Waals surface area contributed by atoms with Crippen molar-refractivity contribution in [2.45, 2.75) is 13.8 Å². The average molecular weight is 268 g/mol. The van der Waals surface area contributed by atoms with Crippen LogP contribution in [-0.4, -0.2) is 58.7 Å². The van der Waals surface area contributed by atoms with Crippen molar-refractivity contribution < 1.29 is 22.7 Å². The summed E-state index contributed by atoms with van der Waals surface area (Å²) in [5, 5.41) is 0. The first-order valence-electron chi connectivity index (χ1n) is 5.37. The highest BCUT2D eigenvalue weighted by molar-refractivity contribution is 7.87. The van der Waals surface area contributed by atoms with Gasteiger partial charge in [-0.05, 0) is 6.92 Å². The molecule has 102 valence electrons. The Morgan fingerprint density at radius 3 is 2.47 bits per heavy atom. The number of likely N-dealkylation sites (N-methyl/N-ethyl adjacent to an activating group) is 1. The molecule has 0 radical (unpaired) electrons. The topological polar surface area (TPSA) is 84.9 Å². The van der Waals surface area contributed by atoms with Crippen LogP contribution in [0, 0.1) is 0 Å². The fraction of sp³-hybridized carbons (Fsp3) is 0.889. The van der Waals surface area contributed by atoms with E-state index in [2.05, 4.69) is 4.72 Å². The van der Waals surface area contributed by atoms with E-state index in [9.17, 15) is 13.2 Å². The van der Waals surface area contributed by atoms with Gasteiger partial charge in [0.05, 0.1) is 13.2 Å². The molecule has 0 fully saturated rings. The van der Waals surface area contributed by atoms with Crippen LogP contribution in [0.2, 0.25) is 0 Å². The van der Waals surface area contributed by atoms with Gasteiger partial charge >= 0.3 is 5.97 Å². The second-order valence-electron chi connectivity index (χ2n) is 3.12. The lowest BCUT2D eigenvalue weighted by Crippen LogP contribution is -2.44. The molecule has 0 unspecified atom stereocenters. The summed E-state index contributed by atoms with van der Waals surface area (Å²) in [5.41, 5.74) is 0. The number of carbonyl (C=O) groups excluding carboxylic acids is 1. The van der Waals surface area contributed by atoms with Gasteiger partial charge < -0.3 is 9.47 Å². The molecule has 0 aliphatic heterocycles. The van der Waals surface area contributed by atoms with E-state index in [1.165, 1.54) is 7.11 Å². The third-order valence-electron chi connectivity index (χ3n) is 1.89. The van der Waals surface area contributed by atoms with Gasteiger partial charge in [-0.1, -0.05) is 6.92 Å². The fourth-order valence-corrected chi connectivity index (χ4v) is 2.22. The summed E-state index contributed by atoms with van der Waals surface area (Å²) in [6, 6.07) is 0. The van der Waals surface area contributed by atoms with Gasteiger partial charge in [0.25, 0.3) is 10.2 Å². The van der Waals surface area contributed by atoms with Gasteiger partial charge in [0.15, 0.2) is 0 Å². The summed E-state index contributed by atoms with van der Waals surface area (Å²) < 4.78 is 36.2. The highest BCUT2D eigenvalue weighted by Gasteiger charge is 2.22. The average Bonchev–Trinajstić information content (AvgIpc) is 2.26. The summed E-state index contributed by atoms with van der Waals surface area (Å²) in [6.07, 6.45) is 0. The molecular formula is C9H20N2O5S. The predicted molar refractivity (Wildman–Crippen MR) is 62.7 cm³/mol. The zero-order valence-corrected chi connectivity index (χ0v) is 11.2. The van der Waals surface area contributed by atoms with Gasteiger partial charge in [0.2, 0.25) is 0 Å². The number of esters is 1. The quantitative estimate of drug-likeness (QED) is 0.444. The number of carbonyl (C=O) groups is 1. The van der Waals surface area contributed by atoms with Crippen LogP contribution in [0.3, 0.4) is 0 Å². The molecule has 0 rings (SSSR count). The van der Waals surface area contributed by atoms with Crippen LogP contribution in [0.25, 0.3) is 0 Å². The highest BCUT2D eigenvalue weighted by Crippen LogP contribution is 1.98. The number of rotatable bonds is 9. The summed E-state index contributed by atoms with van der Waals surface area (Å²) in [6.45, 7) is 3.89. The molecule has 0 heterocycles. The minimum Gasteiger partial charge on any atom is -0.465 e. The Morgan fingerprint density at radius 1 is 1.35 bits per heavy atom. The molecule has 0 aliphatic carbocycles. The lowest BCUT2D eigenvalue weighted by Gasteiger charge is -2.19. The highest BCUT2D eigenvalue weighted by atomic mass is 32.2. The molecule has 17 heavy (non-hydrogen) atoms. The summed E-state index contributed by atoms with van der Waals surface area (Å²) in [7, 11) is -2.18. The molecule has 0 aromatic carbocycles. The van der Waals surface area contributed by atoms with Crippen molar-refractivity contribution in [1.29, 1.82) is 0 Å². The fourth-order valence-electron chi connectivity index (χ4n) is 1.08. The van der Waals surface area contributed by atoms with Crippen LogP contribution >= 0.6 is 0 Å². The lowest BCUT2D eigenvalue weighted by molar-refractivity contribution is -0.143. The molecule has 0 atom stereocenters. The van der Waals surface area contributed by atoms with Crippen molar-refractivity contribution in [2.75, 3.05) is 40.0 Å². The molecule has 0 aromatic rings. The Kier molecular flexibility index (Phi) is 8.05. The largest absolute Gasteiger partial charge is 0.465 e. The Hall–Kier alpha value is -0.700. The van der Waals surface area contributed by atoms with Gasteiger partial charge in [-0.3, -0.25) is 4.79 Å². The van der Waals surface area contributed by atoms with E-state index >= 15 is 0 Å². The van der Waals surface area contributed by atoms with Crippen molar-refractivity contribution in [1.82, 2.24) is 9.03 Å². The van der Waals surface area contributed by atoms with Gasteiger partial charge in [-0.2, -0.15) is 17.4 Å². The Morgan fingerprint density at radius 2 is 2.00 bits per heavy atom. The predicted octanol–water partition coefficient (Wildman–Crippen LogP) is -0.648. The van der Waals surface area contributed by atoms with E-state index < -0.39 is 16.2 Å². The van der Waals surface area contributed by atoms with Crippen molar-refractivity contribution in [2.24, 2.45) is 0 Å². The third kappa shape index (κ3) is 6.57. The monoisotopic (exact) mass is 268 g/mol. The van der Waals surface area contributed by atoms with Crippen LogP contribution in [0.15, 0.2) is 0 Å². The number of methoxy groups -OCH3 is 1. The second-order valence-corrected chi connectivity index (χ2v) is 4.88. The number of nitrogens with one attached hydrogen (secondary N) is 1. The molecule has 7 nitrogen and oxygen atoms in total. The zero-order valence-electron chi connectivity index (χ0n) is 10.4. The van der Waals surface area contributed by atoms with Crippen LogP contribution < -0.4 is 4.72 Å². The van der Waals surface area contributed by atoms with Gasteiger partial charge in [0.1, 0.15) is 6.54 Å². The summed E-state index contributed by atoms with van der Waals surface area (Å²) in [4.78, 5) is 11.2.